The van der Waals surface area contributed by atoms with Crippen molar-refractivity contribution < 1.29 is 0 Å². The monoisotopic (exact) mass is 242 g/mol. The van der Waals surface area contributed by atoms with Crippen molar-refractivity contribution in [3.63, 3.8) is 0 Å². The smallest absolute Gasteiger partial charge is 0.201 e. The van der Waals surface area contributed by atoms with E-state index in [0.717, 1.165) is 11.6 Å². The van der Waals surface area contributed by atoms with Crippen LogP contribution in [0.3, 0.4) is 0 Å². The highest BCUT2D eigenvalue weighted by Gasteiger charge is 2.09. The van der Waals surface area contributed by atoms with E-state index in [1.807, 2.05) is 13.8 Å². The molecule has 0 aromatic carbocycles. The van der Waals surface area contributed by atoms with Gasteiger partial charge in [0.1, 0.15) is 23.0 Å². The van der Waals surface area contributed by atoms with Gasteiger partial charge in [-0.15, -0.1) is 0 Å². The van der Waals surface area contributed by atoms with E-state index in [4.69, 9.17) is 0 Å². The standard InChI is InChI=1S/C10H10N8/c1-5-13-9(17-15-5)7-3-12-8(4-11-7)10-14-6(2)16-18-10/h3-4H,1-2H3,(H,13,15,17)(H,14,16,18). The third-order valence-corrected chi connectivity index (χ3v) is 2.30. The minimum Gasteiger partial charge on any atom is -0.263 e. The summed E-state index contributed by atoms with van der Waals surface area (Å²) in [4.78, 5) is 16.9. The molecule has 3 aromatic rings. The van der Waals surface area contributed by atoms with Gasteiger partial charge in [-0.3, -0.25) is 10.2 Å². The molecule has 3 rings (SSSR count). The number of hydrogen-bond donors (Lipinski definition) is 2. The van der Waals surface area contributed by atoms with Gasteiger partial charge in [-0.1, -0.05) is 0 Å². The Morgan fingerprint density at radius 2 is 1.22 bits per heavy atom. The number of H-pyrrole nitrogens is 2. The van der Waals surface area contributed by atoms with Crippen molar-refractivity contribution in [3.05, 3.63) is 24.0 Å². The van der Waals surface area contributed by atoms with Crippen molar-refractivity contribution in [1.29, 1.82) is 0 Å². The number of nitrogens with zero attached hydrogens (tertiary/aromatic N) is 6. The molecule has 0 aliphatic heterocycles. The summed E-state index contributed by atoms with van der Waals surface area (Å²) in [7, 11) is 0. The maximum Gasteiger partial charge on any atom is 0.201 e. The second-order valence-corrected chi connectivity index (χ2v) is 3.78. The van der Waals surface area contributed by atoms with Gasteiger partial charge in [-0.2, -0.15) is 10.2 Å². The molecule has 0 saturated heterocycles. The van der Waals surface area contributed by atoms with Gasteiger partial charge in [-0.05, 0) is 13.8 Å². The van der Waals surface area contributed by atoms with Crippen LogP contribution in [0.5, 0.6) is 0 Å². The Balaban J connectivity index is 1.94. The lowest BCUT2D eigenvalue weighted by atomic mass is 10.4. The summed E-state index contributed by atoms with van der Waals surface area (Å²) in [6.07, 6.45) is 3.20. The number of aryl methyl sites for hydroxylation is 2. The van der Waals surface area contributed by atoms with Gasteiger partial charge in [0, 0.05) is 0 Å². The Kier molecular flexibility index (Phi) is 2.33. The summed E-state index contributed by atoms with van der Waals surface area (Å²) in [5, 5.41) is 13.5. The van der Waals surface area contributed by atoms with E-state index in [-0.39, 0.29) is 0 Å². The molecule has 2 N–H and O–H groups in total. The molecule has 0 bridgehead atoms. The second-order valence-electron chi connectivity index (χ2n) is 3.78. The minimum atomic E-state index is 0.526. The molecule has 0 atom stereocenters. The van der Waals surface area contributed by atoms with Gasteiger partial charge in [0.15, 0.2) is 0 Å². The molecule has 0 aliphatic carbocycles. The number of nitrogens with one attached hydrogen (secondary N) is 2. The lowest BCUT2D eigenvalue weighted by Gasteiger charge is -1.95. The van der Waals surface area contributed by atoms with Crippen LogP contribution >= 0.6 is 0 Å². The molecular weight excluding hydrogens is 232 g/mol. The van der Waals surface area contributed by atoms with Crippen LogP contribution in [-0.2, 0) is 0 Å². The van der Waals surface area contributed by atoms with E-state index in [2.05, 4.69) is 40.3 Å². The molecule has 0 unspecified atom stereocenters. The average Bonchev–Trinajstić information content (AvgIpc) is 2.98. The topological polar surface area (TPSA) is 109 Å². The van der Waals surface area contributed by atoms with E-state index in [9.17, 15) is 0 Å². The molecule has 0 aliphatic rings. The Morgan fingerprint density at radius 1 is 0.778 bits per heavy atom. The van der Waals surface area contributed by atoms with E-state index in [1.54, 1.807) is 12.4 Å². The van der Waals surface area contributed by atoms with Crippen LogP contribution in [0, 0.1) is 13.8 Å². The van der Waals surface area contributed by atoms with Crippen molar-refractivity contribution >= 4 is 0 Å². The molecule has 0 fully saturated rings. The van der Waals surface area contributed by atoms with Crippen molar-refractivity contribution in [2.75, 3.05) is 0 Å². The fourth-order valence-corrected chi connectivity index (χ4v) is 1.47. The largest absolute Gasteiger partial charge is 0.263 e. The highest BCUT2D eigenvalue weighted by molar-refractivity contribution is 5.52. The van der Waals surface area contributed by atoms with E-state index < -0.39 is 0 Å². The zero-order valence-electron chi connectivity index (χ0n) is 9.84. The third-order valence-electron chi connectivity index (χ3n) is 2.30. The summed E-state index contributed by atoms with van der Waals surface area (Å²) in [6.45, 7) is 3.66. The Labute approximate surface area is 102 Å². The van der Waals surface area contributed by atoms with E-state index >= 15 is 0 Å². The van der Waals surface area contributed by atoms with Crippen LogP contribution in [0.1, 0.15) is 11.6 Å². The second kappa shape index (κ2) is 3.99. The van der Waals surface area contributed by atoms with Gasteiger partial charge in [0.2, 0.25) is 11.6 Å². The van der Waals surface area contributed by atoms with Gasteiger partial charge in [0.25, 0.3) is 0 Å². The fraction of sp³-hybridized carbons (Fsp3) is 0.200. The molecule has 0 radical (unpaired) electrons. The third kappa shape index (κ3) is 1.83. The van der Waals surface area contributed by atoms with Crippen LogP contribution in [0.4, 0.5) is 0 Å². The van der Waals surface area contributed by atoms with Crippen molar-refractivity contribution in [2.45, 2.75) is 13.8 Å². The summed E-state index contributed by atoms with van der Waals surface area (Å²) in [5.74, 6) is 2.52. The molecule has 0 spiro atoms. The molecule has 3 aromatic heterocycles. The number of aromatic amines is 2. The first-order valence-electron chi connectivity index (χ1n) is 5.33. The molecule has 90 valence electrons. The van der Waals surface area contributed by atoms with Gasteiger partial charge < -0.3 is 0 Å². The molecule has 3 heterocycles. The summed E-state index contributed by atoms with van der Waals surface area (Å²) in [6, 6.07) is 0. The van der Waals surface area contributed by atoms with Gasteiger partial charge in [-0.25, -0.2) is 19.9 Å². The summed E-state index contributed by atoms with van der Waals surface area (Å²) in [5.41, 5.74) is 1.21. The van der Waals surface area contributed by atoms with Crippen LogP contribution in [0.25, 0.3) is 23.0 Å². The lowest BCUT2D eigenvalue weighted by molar-refractivity contribution is 1.03. The Hall–Kier alpha value is -2.64. The fourth-order valence-electron chi connectivity index (χ4n) is 1.47. The Morgan fingerprint density at radius 3 is 1.50 bits per heavy atom. The maximum atomic E-state index is 4.25. The SMILES string of the molecule is Cc1nc(-c2cnc(-c3n[nH]c(C)n3)cn2)n[nH]1. The molecule has 8 heteroatoms. The van der Waals surface area contributed by atoms with Crippen molar-refractivity contribution in [2.24, 2.45) is 0 Å². The minimum absolute atomic E-state index is 0.526. The van der Waals surface area contributed by atoms with Crippen molar-refractivity contribution in [1.82, 2.24) is 40.3 Å². The first-order chi connectivity index (χ1) is 8.72. The van der Waals surface area contributed by atoms with E-state index in [0.29, 0.717) is 23.0 Å². The van der Waals surface area contributed by atoms with Crippen molar-refractivity contribution in [3.8, 4) is 23.0 Å². The zero-order valence-corrected chi connectivity index (χ0v) is 9.84. The van der Waals surface area contributed by atoms with Crippen LogP contribution in [0.15, 0.2) is 12.4 Å². The number of rotatable bonds is 2. The van der Waals surface area contributed by atoms with Gasteiger partial charge in [0.05, 0.1) is 12.4 Å². The summed E-state index contributed by atoms with van der Waals surface area (Å²) < 4.78 is 0. The first kappa shape index (κ1) is 10.5. The lowest BCUT2D eigenvalue weighted by Crippen LogP contribution is -1.92. The molecule has 18 heavy (non-hydrogen) atoms. The molecular formula is C10H10N8. The van der Waals surface area contributed by atoms with Gasteiger partial charge >= 0.3 is 0 Å². The predicted molar refractivity (Wildman–Crippen MR) is 62.3 cm³/mol. The van der Waals surface area contributed by atoms with Crippen LogP contribution < -0.4 is 0 Å². The average molecular weight is 242 g/mol. The quantitative estimate of drug-likeness (QED) is 0.683. The molecule has 0 saturated carbocycles. The normalized spacial score (nSPS) is 10.8. The summed E-state index contributed by atoms with van der Waals surface area (Å²) >= 11 is 0. The van der Waals surface area contributed by atoms with Crippen LogP contribution in [0.2, 0.25) is 0 Å². The highest BCUT2D eigenvalue weighted by atomic mass is 15.2. The predicted octanol–water partition coefficient (Wildman–Crippen LogP) is 0.664. The first-order valence-corrected chi connectivity index (χ1v) is 5.33. The number of hydrogen-bond acceptors (Lipinski definition) is 6. The highest BCUT2D eigenvalue weighted by Crippen LogP contribution is 2.14. The maximum absolute atomic E-state index is 4.25. The molecule has 8 nitrogen and oxygen atoms in total. The number of aromatic nitrogens is 8. The molecule has 0 amide bonds. The van der Waals surface area contributed by atoms with Crippen LogP contribution in [-0.4, -0.2) is 40.3 Å². The van der Waals surface area contributed by atoms with E-state index in [1.165, 1.54) is 0 Å². The zero-order chi connectivity index (χ0) is 12.5. The Bertz CT molecular complexity index is 606.